The van der Waals surface area contributed by atoms with E-state index in [2.05, 4.69) is 20.2 Å². The first-order valence-corrected chi connectivity index (χ1v) is 15.0. The Morgan fingerprint density at radius 1 is 1.15 bits per heavy atom. The highest BCUT2D eigenvalue weighted by atomic mass is 35.5. The summed E-state index contributed by atoms with van der Waals surface area (Å²) in [7, 11) is 0. The number of anilines is 2. The highest BCUT2D eigenvalue weighted by Crippen LogP contribution is 2.44. The van der Waals surface area contributed by atoms with E-state index in [1.165, 1.54) is 12.1 Å². The summed E-state index contributed by atoms with van der Waals surface area (Å²) in [6.45, 7) is 4.99. The number of halogens is 4. The van der Waals surface area contributed by atoms with Crippen molar-refractivity contribution in [3.8, 4) is 17.1 Å². The van der Waals surface area contributed by atoms with E-state index in [1.54, 1.807) is 6.07 Å². The van der Waals surface area contributed by atoms with Crippen molar-refractivity contribution in [2.75, 3.05) is 43.4 Å². The Bertz CT molecular complexity index is 1640. The van der Waals surface area contributed by atoms with Crippen LogP contribution in [-0.4, -0.2) is 76.9 Å². The highest BCUT2D eigenvalue weighted by molar-refractivity contribution is 7.22. The van der Waals surface area contributed by atoms with E-state index >= 15 is 4.39 Å². The minimum absolute atomic E-state index is 0.0447. The topological polar surface area (TPSA) is 92.4 Å². The van der Waals surface area contributed by atoms with Crippen LogP contribution in [0, 0.1) is 11.6 Å². The fourth-order valence-electron chi connectivity index (χ4n) is 6.51. The van der Waals surface area contributed by atoms with Gasteiger partial charge >= 0.3 is 6.01 Å². The fraction of sp³-hybridized carbons (Fsp3) is 0.464. The maximum absolute atomic E-state index is 16.6. The van der Waals surface area contributed by atoms with Crippen LogP contribution >= 0.6 is 22.9 Å². The molecule has 7 rings (SSSR count). The number of ether oxygens (including phenoxy) is 1. The van der Waals surface area contributed by atoms with Gasteiger partial charge in [0.05, 0.1) is 15.2 Å². The van der Waals surface area contributed by atoms with Crippen molar-refractivity contribution >= 4 is 55.0 Å². The van der Waals surface area contributed by atoms with Crippen LogP contribution in [0.2, 0.25) is 5.02 Å². The van der Waals surface area contributed by atoms with Gasteiger partial charge in [0.1, 0.15) is 29.4 Å². The molecule has 2 aromatic heterocycles. The predicted octanol–water partition coefficient (Wildman–Crippen LogP) is 5.17. The van der Waals surface area contributed by atoms with Crippen molar-refractivity contribution < 1.29 is 17.9 Å². The molecule has 0 radical (unpaired) electrons. The number of likely N-dealkylation sites (tertiary alicyclic amines) is 1. The van der Waals surface area contributed by atoms with Gasteiger partial charge in [-0.25, -0.2) is 18.2 Å². The molecule has 0 aliphatic carbocycles. The Balaban J connectivity index is 1.37. The lowest BCUT2D eigenvalue weighted by Crippen LogP contribution is -2.52. The third-order valence-corrected chi connectivity index (χ3v) is 9.48. The van der Waals surface area contributed by atoms with Crippen LogP contribution in [0.4, 0.5) is 24.1 Å². The van der Waals surface area contributed by atoms with Gasteiger partial charge in [-0.15, -0.1) is 0 Å². The lowest BCUT2D eigenvalue weighted by Gasteiger charge is -2.37. The number of thiazole rings is 1. The molecular formula is C28H29ClF3N7OS. The molecule has 3 unspecified atom stereocenters. The molecule has 8 nitrogen and oxygen atoms in total. The van der Waals surface area contributed by atoms with Crippen molar-refractivity contribution in [1.82, 2.24) is 25.2 Å². The van der Waals surface area contributed by atoms with Crippen LogP contribution in [0.1, 0.15) is 26.2 Å². The number of alkyl halides is 1. The maximum atomic E-state index is 16.6. The van der Waals surface area contributed by atoms with E-state index < -0.39 is 17.8 Å². The summed E-state index contributed by atoms with van der Waals surface area (Å²) in [6, 6.07) is 4.83. The molecule has 216 valence electrons. The molecule has 2 bridgehead atoms. The molecule has 3 aliphatic heterocycles. The Kier molecular flexibility index (Phi) is 6.84. The molecule has 41 heavy (non-hydrogen) atoms. The molecule has 0 amide bonds. The van der Waals surface area contributed by atoms with E-state index in [0.29, 0.717) is 42.8 Å². The summed E-state index contributed by atoms with van der Waals surface area (Å²) in [6.07, 6.45) is 1.29. The summed E-state index contributed by atoms with van der Waals surface area (Å²) in [5.41, 5.74) is 6.57. The third-order valence-electron chi connectivity index (χ3n) is 8.28. The lowest BCUT2D eigenvalue weighted by atomic mass is 10.0. The van der Waals surface area contributed by atoms with Crippen molar-refractivity contribution in [3.05, 3.63) is 34.9 Å². The molecule has 5 heterocycles. The number of nitrogen functional groups attached to an aromatic ring is 1. The van der Waals surface area contributed by atoms with Crippen LogP contribution in [0.15, 0.2) is 18.2 Å². The minimum atomic E-state index is -0.836. The fourth-order valence-corrected chi connectivity index (χ4v) is 7.56. The molecular weight excluding hydrogens is 575 g/mol. The number of nitrogens with one attached hydrogen (secondary N) is 1. The first-order chi connectivity index (χ1) is 19.8. The van der Waals surface area contributed by atoms with E-state index in [4.69, 9.17) is 27.1 Å². The summed E-state index contributed by atoms with van der Waals surface area (Å²) < 4.78 is 51.3. The van der Waals surface area contributed by atoms with Gasteiger partial charge in [-0.3, -0.25) is 4.90 Å². The van der Waals surface area contributed by atoms with Gasteiger partial charge in [-0.1, -0.05) is 22.9 Å². The zero-order valence-electron chi connectivity index (χ0n) is 22.3. The van der Waals surface area contributed by atoms with Gasteiger partial charge < -0.3 is 20.7 Å². The number of nitrogens with zero attached hydrogens (tertiary/aromatic N) is 5. The van der Waals surface area contributed by atoms with Crippen LogP contribution in [0.5, 0.6) is 6.01 Å². The second-order valence-corrected chi connectivity index (χ2v) is 12.6. The smallest absolute Gasteiger partial charge is 0.319 e. The molecule has 4 aromatic rings. The third kappa shape index (κ3) is 4.74. The normalized spacial score (nSPS) is 23.6. The Morgan fingerprint density at radius 2 is 1.93 bits per heavy atom. The average Bonchev–Trinajstić information content (AvgIpc) is 3.59. The van der Waals surface area contributed by atoms with E-state index in [-0.39, 0.29) is 55.6 Å². The van der Waals surface area contributed by atoms with Gasteiger partial charge in [0.15, 0.2) is 10.9 Å². The van der Waals surface area contributed by atoms with Crippen molar-refractivity contribution in [1.29, 1.82) is 0 Å². The zero-order valence-corrected chi connectivity index (χ0v) is 23.9. The molecule has 13 heteroatoms. The summed E-state index contributed by atoms with van der Waals surface area (Å²) in [5, 5.41) is 4.25. The number of hydrogen-bond acceptors (Lipinski definition) is 9. The molecule has 3 N–H and O–H groups in total. The number of benzene rings is 2. The first kappa shape index (κ1) is 26.9. The average molecular weight is 604 g/mol. The van der Waals surface area contributed by atoms with Gasteiger partial charge in [-0.05, 0) is 44.4 Å². The van der Waals surface area contributed by atoms with Gasteiger partial charge in [0.2, 0.25) is 0 Å². The van der Waals surface area contributed by atoms with Crippen LogP contribution in [0.25, 0.3) is 32.2 Å². The standard InChI is InChI=1S/C28H29ClF3N7OS/c1-13(11-38-7-6-14(30)12-38)40-28-36-23-18(26(37-28)39-15-2-3-16(39)10-34-9-15)8-19(29)21(22(23)32)17-4-5-20(31)25-24(17)35-27(33)41-25/h4-5,8,13-16,34H,2-3,6-7,9-12H2,1H3,(H2,33,35)/t13-,14?,15?,16?/m0/s1. The summed E-state index contributed by atoms with van der Waals surface area (Å²) in [4.78, 5) is 17.9. The Hall–Kier alpha value is -2.93. The number of rotatable bonds is 6. The largest absolute Gasteiger partial charge is 0.459 e. The monoisotopic (exact) mass is 603 g/mol. The number of piperazine rings is 1. The second kappa shape index (κ2) is 10.4. The van der Waals surface area contributed by atoms with Crippen LogP contribution < -0.4 is 20.7 Å². The number of aromatic nitrogens is 3. The van der Waals surface area contributed by atoms with E-state index in [9.17, 15) is 8.78 Å². The number of nitrogens with two attached hydrogens (primary N) is 1. The molecule has 0 spiro atoms. The second-order valence-electron chi connectivity index (χ2n) is 11.1. The van der Waals surface area contributed by atoms with Gasteiger partial charge in [0, 0.05) is 61.3 Å². The Labute approximate surface area is 243 Å². The number of fused-ring (bicyclic) bond motifs is 4. The molecule has 3 fully saturated rings. The molecule has 3 saturated heterocycles. The van der Waals surface area contributed by atoms with E-state index in [0.717, 1.165) is 37.3 Å². The first-order valence-electron chi connectivity index (χ1n) is 13.8. The van der Waals surface area contributed by atoms with Gasteiger partial charge in [-0.2, -0.15) is 9.97 Å². The maximum Gasteiger partial charge on any atom is 0.319 e. The molecule has 4 atom stereocenters. The van der Waals surface area contributed by atoms with Crippen molar-refractivity contribution in [2.24, 2.45) is 0 Å². The quantitative estimate of drug-likeness (QED) is 0.312. The predicted molar refractivity (Wildman–Crippen MR) is 156 cm³/mol. The zero-order chi connectivity index (χ0) is 28.4. The lowest BCUT2D eigenvalue weighted by molar-refractivity contribution is 0.146. The SMILES string of the molecule is C[C@@H](CN1CCC(F)C1)Oc1nc(N2C3CCC2CNC3)c2cc(Cl)c(-c3ccc(F)c4sc(N)nc34)c(F)c2n1. The van der Waals surface area contributed by atoms with Crippen LogP contribution in [0.3, 0.4) is 0 Å². The molecule has 3 aliphatic rings. The minimum Gasteiger partial charge on any atom is -0.459 e. The van der Waals surface area contributed by atoms with Gasteiger partial charge in [0.25, 0.3) is 0 Å². The summed E-state index contributed by atoms with van der Waals surface area (Å²) >= 11 is 7.77. The molecule has 0 saturated carbocycles. The molecule has 2 aromatic carbocycles. The van der Waals surface area contributed by atoms with Crippen molar-refractivity contribution in [2.45, 2.75) is 50.5 Å². The van der Waals surface area contributed by atoms with Crippen molar-refractivity contribution in [3.63, 3.8) is 0 Å². The van der Waals surface area contributed by atoms with Crippen LogP contribution in [-0.2, 0) is 0 Å². The number of hydrogen-bond donors (Lipinski definition) is 2. The Morgan fingerprint density at radius 3 is 2.66 bits per heavy atom. The summed E-state index contributed by atoms with van der Waals surface area (Å²) in [5.74, 6) is -0.586. The van der Waals surface area contributed by atoms with E-state index in [1.807, 2.05) is 11.8 Å². The highest BCUT2D eigenvalue weighted by Gasteiger charge is 2.39.